The second-order valence-electron chi connectivity index (χ2n) is 5.08. The first kappa shape index (κ1) is 12.5. The Morgan fingerprint density at radius 1 is 1.28 bits per heavy atom. The number of thiazole rings is 1. The fourth-order valence-corrected chi connectivity index (χ4v) is 4.37. The minimum Gasteiger partial charge on any atom is -0.272 e. The number of benzene rings is 1. The highest BCUT2D eigenvalue weighted by molar-refractivity contribution is 7.99. The molecule has 1 heterocycles. The zero-order chi connectivity index (χ0) is 12.5. The van der Waals surface area contributed by atoms with Crippen LogP contribution in [0.5, 0.6) is 0 Å². The quantitative estimate of drug-likeness (QED) is 0.815. The molecule has 1 aliphatic carbocycles. The van der Waals surface area contributed by atoms with Gasteiger partial charge in [0.25, 0.3) is 0 Å². The Kier molecular flexibility index (Phi) is 3.59. The summed E-state index contributed by atoms with van der Waals surface area (Å²) in [7, 11) is 0. The van der Waals surface area contributed by atoms with E-state index in [0.717, 1.165) is 4.34 Å². The van der Waals surface area contributed by atoms with Crippen molar-refractivity contribution in [1.82, 2.24) is 4.98 Å². The van der Waals surface area contributed by atoms with Gasteiger partial charge in [-0.25, -0.2) is 4.98 Å². The lowest BCUT2D eigenvalue weighted by Gasteiger charge is -2.23. The van der Waals surface area contributed by atoms with Crippen molar-refractivity contribution in [1.29, 1.82) is 0 Å². The number of nitrogens with two attached hydrogens (primary N) is 1. The van der Waals surface area contributed by atoms with Crippen molar-refractivity contribution >= 4 is 33.5 Å². The van der Waals surface area contributed by atoms with Gasteiger partial charge in [0.05, 0.1) is 10.2 Å². The van der Waals surface area contributed by atoms with Crippen molar-refractivity contribution in [3.05, 3.63) is 23.3 Å². The van der Waals surface area contributed by atoms with Gasteiger partial charge in [-0.3, -0.25) is 5.14 Å². The number of fused-ring (bicyclic) bond motifs is 1. The Morgan fingerprint density at radius 2 is 2.06 bits per heavy atom. The molecular weight excluding hydrogens is 260 g/mol. The predicted octanol–water partition coefficient (Wildman–Crippen LogP) is 4.62. The summed E-state index contributed by atoms with van der Waals surface area (Å²) in [4.78, 5) is 4.72. The van der Waals surface area contributed by atoms with Crippen LogP contribution >= 0.6 is 23.3 Å². The lowest BCUT2D eigenvalue weighted by molar-refractivity contribution is 0.444. The van der Waals surface area contributed by atoms with Crippen LogP contribution in [0.4, 0.5) is 0 Å². The smallest absolute Gasteiger partial charge is 0.165 e. The van der Waals surface area contributed by atoms with Crippen LogP contribution in [0.25, 0.3) is 10.2 Å². The molecule has 1 aromatic heterocycles. The molecule has 1 fully saturated rings. The topological polar surface area (TPSA) is 38.9 Å². The van der Waals surface area contributed by atoms with E-state index in [-0.39, 0.29) is 0 Å². The summed E-state index contributed by atoms with van der Waals surface area (Å²) in [6.45, 7) is 2.22. The summed E-state index contributed by atoms with van der Waals surface area (Å²) in [6.07, 6.45) is 6.77. The molecule has 4 heteroatoms. The van der Waals surface area contributed by atoms with Gasteiger partial charge >= 0.3 is 0 Å². The molecule has 0 bridgehead atoms. The Morgan fingerprint density at radius 3 is 2.78 bits per heavy atom. The summed E-state index contributed by atoms with van der Waals surface area (Å²) in [6, 6.07) is 4.43. The average molecular weight is 278 g/mol. The first-order valence-electron chi connectivity index (χ1n) is 6.56. The van der Waals surface area contributed by atoms with Crippen molar-refractivity contribution in [3.63, 3.8) is 0 Å². The molecule has 1 aromatic carbocycles. The van der Waals surface area contributed by atoms with Gasteiger partial charge in [0.15, 0.2) is 4.34 Å². The molecule has 0 unspecified atom stereocenters. The van der Waals surface area contributed by atoms with Crippen LogP contribution in [0, 0.1) is 6.92 Å². The monoisotopic (exact) mass is 278 g/mol. The first-order chi connectivity index (χ1) is 8.79. The second-order valence-corrected chi connectivity index (χ2v) is 6.99. The van der Waals surface area contributed by atoms with Gasteiger partial charge in [0.1, 0.15) is 0 Å². The first-order valence-corrected chi connectivity index (χ1v) is 8.26. The van der Waals surface area contributed by atoms with Crippen LogP contribution in [0.1, 0.15) is 49.1 Å². The number of aryl methyl sites for hydroxylation is 1. The third kappa shape index (κ3) is 2.17. The van der Waals surface area contributed by atoms with Gasteiger partial charge in [0.2, 0.25) is 0 Å². The summed E-state index contributed by atoms with van der Waals surface area (Å²) in [5, 5.41) is 5.64. The van der Waals surface area contributed by atoms with E-state index in [9.17, 15) is 0 Å². The average Bonchev–Trinajstić information content (AvgIpc) is 2.82. The number of aromatic nitrogens is 1. The molecule has 2 nitrogen and oxygen atoms in total. The highest BCUT2D eigenvalue weighted by Gasteiger charge is 2.21. The molecule has 3 rings (SSSR count). The molecule has 0 amide bonds. The van der Waals surface area contributed by atoms with E-state index < -0.39 is 0 Å². The van der Waals surface area contributed by atoms with E-state index in [1.54, 1.807) is 11.3 Å². The van der Waals surface area contributed by atoms with Gasteiger partial charge in [-0.05, 0) is 54.8 Å². The highest BCUT2D eigenvalue weighted by Crippen LogP contribution is 2.40. The molecular formula is C14H18N2S2. The summed E-state index contributed by atoms with van der Waals surface area (Å²) < 4.78 is 2.27. The van der Waals surface area contributed by atoms with Crippen molar-refractivity contribution in [3.8, 4) is 0 Å². The van der Waals surface area contributed by atoms with Gasteiger partial charge < -0.3 is 0 Å². The fourth-order valence-electron chi connectivity index (χ4n) is 3.05. The second kappa shape index (κ2) is 5.19. The maximum Gasteiger partial charge on any atom is 0.165 e. The third-order valence-corrected chi connectivity index (χ3v) is 5.56. The van der Waals surface area contributed by atoms with Crippen LogP contribution in [0.2, 0.25) is 0 Å². The van der Waals surface area contributed by atoms with Crippen molar-refractivity contribution in [2.24, 2.45) is 5.14 Å². The molecule has 0 saturated heterocycles. The molecule has 2 N–H and O–H groups in total. The summed E-state index contributed by atoms with van der Waals surface area (Å²) in [5.41, 5.74) is 4.09. The maximum absolute atomic E-state index is 5.64. The SMILES string of the molecule is Cc1ccc2sc(SN)nc2c1C1CCCCC1. The number of rotatable bonds is 2. The maximum atomic E-state index is 5.64. The van der Waals surface area contributed by atoms with Crippen LogP contribution < -0.4 is 5.14 Å². The highest BCUT2D eigenvalue weighted by atomic mass is 32.2. The van der Waals surface area contributed by atoms with Gasteiger partial charge in [0, 0.05) is 0 Å². The number of hydrogen-bond donors (Lipinski definition) is 1. The number of hydrogen-bond acceptors (Lipinski definition) is 4. The van der Waals surface area contributed by atoms with Gasteiger partial charge in [-0.15, -0.1) is 11.3 Å². The van der Waals surface area contributed by atoms with E-state index in [1.807, 2.05) is 0 Å². The Bertz CT molecular complexity index is 556. The Balaban J connectivity index is 2.12. The Hall–Kier alpha value is -0.580. The van der Waals surface area contributed by atoms with E-state index in [1.165, 1.54) is 65.4 Å². The van der Waals surface area contributed by atoms with E-state index in [0.29, 0.717) is 5.92 Å². The third-order valence-electron chi connectivity index (χ3n) is 3.91. The lowest BCUT2D eigenvalue weighted by Crippen LogP contribution is -2.06. The fraction of sp³-hybridized carbons (Fsp3) is 0.500. The standard InChI is InChI=1S/C14H18N2S2/c1-9-7-8-11-13(16-14(17-11)18-15)12(9)10-5-3-2-4-6-10/h7-8,10H,2-6,15H2,1H3. The molecule has 2 aromatic rings. The van der Waals surface area contributed by atoms with E-state index >= 15 is 0 Å². The summed E-state index contributed by atoms with van der Waals surface area (Å²) in [5.74, 6) is 0.708. The van der Waals surface area contributed by atoms with Crippen LogP contribution in [0.3, 0.4) is 0 Å². The van der Waals surface area contributed by atoms with E-state index in [4.69, 9.17) is 10.1 Å². The van der Waals surface area contributed by atoms with Gasteiger partial charge in [-0.1, -0.05) is 25.3 Å². The van der Waals surface area contributed by atoms with Crippen molar-refractivity contribution in [2.45, 2.75) is 49.3 Å². The molecule has 0 atom stereocenters. The predicted molar refractivity (Wildman–Crippen MR) is 80.2 cm³/mol. The van der Waals surface area contributed by atoms with E-state index in [2.05, 4.69) is 19.1 Å². The van der Waals surface area contributed by atoms with Crippen molar-refractivity contribution < 1.29 is 0 Å². The van der Waals surface area contributed by atoms with Crippen molar-refractivity contribution in [2.75, 3.05) is 0 Å². The normalized spacial score (nSPS) is 17.4. The molecule has 96 valence electrons. The minimum atomic E-state index is 0.708. The number of nitrogens with zero attached hydrogens (tertiary/aromatic N) is 1. The molecule has 0 spiro atoms. The van der Waals surface area contributed by atoms with Crippen LogP contribution in [-0.2, 0) is 0 Å². The zero-order valence-electron chi connectivity index (χ0n) is 10.6. The largest absolute Gasteiger partial charge is 0.272 e. The lowest BCUT2D eigenvalue weighted by atomic mass is 9.82. The zero-order valence-corrected chi connectivity index (χ0v) is 12.2. The van der Waals surface area contributed by atoms with Crippen LogP contribution in [-0.4, -0.2) is 4.98 Å². The molecule has 1 aliphatic rings. The van der Waals surface area contributed by atoms with Crippen LogP contribution in [0.15, 0.2) is 16.5 Å². The molecule has 0 aliphatic heterocycles. The molecule has 0 radical (unpaired) electrons. The Labute approximate surface area is 116 Å². The van der Waals surface area contributed by atoms with Gasteiger partial charge in [-0.2, -0.15) is 0 Å². The molecule has 1 saturated carbocycles. The summed E-state index contributed by atoms with van der Waals surface area (Å²) >= 11 is 2.97. The minimum absolute atomic E-state index is 0.708. The molecule has 18 heavy (non-hydrogen) atoms.